The van der Waals surface area contributed by atoms with Gasteiger partial charge in [0, 0.05) is 12.7 Å². The average molecular weight is 201 g/mol. The van der Waals surface area contributed by atoms with Crippen LogP contribution >= 0.6 is 0 Å². The maximum Gasteiger partial charge on any atom is 0.231 e. The van der Waals surface area contributed by atoms with E-state index in [1.807, 2.05) is 7.05 Å². The molecule has 0 fully saturated rings. The van der Waals surface area contributed by atoms with E-state index in [0.717, 1.165) is 5.69 Å². The lowest BCUT2D eigenvalue weighted by atomic mass is 9.89. The predicted molar refractivity (Wildman–Crippen MR) is 60.2 cm³/mol. The summed E-state index contributed by atoms with van der Waals surface area (Å²) >= 11 is 0. The number of fused-ring (bicyclic) bond motifs is 2. The molecule has 1 aromatic carbocycles. The summed E-state index contributed by atoms with van der Waals surface area (Å²) in [6.45, 7) is 0. The van der Waals surface area contributed by atoms with E-state index in [4.69, 9.17) is 0 Å². The van der Waals surface area contributed by atoms with Crippen molar-refractivity contribution in [1.82, 2.24) is 0 Å². The van der Waals surface area contributed by atoms with Crippen molar-refractivity contribution < 1.29 is 4.79 Å². The lowest BCUT2D eigenvalue weighted by Gasteiger charge is -2.18. The Labute approximate surface area is 89.9 Å². The van der Waals surface area contributed by atoms with Crippen molar-refractivity contribution >= 4 is 11.6 Å². The maximum absolute atomic E-state index is 11.6. The van der Waals surface area contributed by atoms with Gasteiger partial charge in [0.15, 0.2) is 0 Å². The number of hydrogen-bond donors (Lipinski definition) is 0. The SMILES string of the molecule is CN1C(=O)Cc2cc3c(cc21)CCCC3. The quantitative estimate of drug-likeness (QED) is 0.629. The van der Waals surface area contributed by atoms with Crippen LogP contribution in [0.5, 0.6) is 0 Å². The van der Waals surface area contributed by atoms with Crippen molar-refractivity contribution in [2.24, 2.45) is 0 Å². The van der Waals surface area contributed by atoms with Gasteiger partial charge in [-0.1, -0.05) is 6.07 Å². The Bertz CT molecular complexity index is 436. The van der Waals surface area contributed by atoms with E-state index in [1.165, 1.54) is 42.4 Å². The lowest BCUT2D eigenvalue weighted by molar-refractivity contribution is -0.117. The van der Waals surface area contributed by atoms with Crippen LogP contribution in [-0.4, -0.2) is 13.0 Å². The third-order valence-corrected chi connectivity index (χ3v) is 3.62. The molecular weight excluding hydrogens is 186 g/mol. The standard InChI is InChI=1S/C13H15NO/c1-14-12-7-10-5-3-2-4-9(10)6-11(12)8-13(14)15/h6-7H,2-5,8H2,1H3. The number of benzene rings is 1. The second-order valence-electron chi connectivity index (χ2n) is 4.59. The zero-order chi connectivity index (χ0) is 10.4. The lowest BCUT2D eigenvalue weighted by Crippen LogP contribution is -2.20. The number of amides is 1. The van der Waals surface area contributed by atoms with Crippen LogP contribution in [0.3, 0.4) is 0 Å². The van der Waals surface area contributed by atoms with E-state index in [1.54, 1.807) is 4.90 Å². The van der Waals surface area contributed by atoms with Crippen molar-refractivity contribution in [3.63, 3.8) is 0 Å². The number of aryl methyl sites for hydroxylation is 2. The third kappa shape index (κ3) is 1.28. The Kier molecular flexibility index (Phi) is 1.84. The molecule has 15 heavy (non-hydrogen) atoms. The van der Waals surface area contributed by atoms with E-state index in [-0.39, 0.29) is 5.91 Å². The average Bonchev–Trinajstić information content (AvgIpc) is 2.52. The topological polar surface area (TPSA) is 20.3 Å². The zero-order valence-electron chi connectivity index (χ0n) is 9.05. The van der Waals surface area contributed by atoms with E-state index in [9.17, 15) is 4.79 Å². The van der Waals surface area contributed by atoms with Gasteiger partial charge >= 0.3 is 0 Å². The van der Waals surface area contributed by atoms with Gasteiger partial charge in [-0.25, -0.2) is 0 Å². The molecule has 2 nitrogen and oxygen atoms in total. The maximum atomic E-state index is 11.6. The highest BCUT2D eigenvalue weighted by atomic mass is 16.2. The number of hydrogen-bond acceptors (Lipinski definition) is 1. The first-order valence-corrected chi connectivity index (χ1v) is 5.67. The van der Waals surface area contributed by atoms with Gasteiger partial charge in [-0.2, -0.15) is 0 Å². The van der Waals surface area contributed by atoms with Crippen molar-refractivity contribution in [1.29, 1.82) is 0 Å². The van der Waals surface area contributed by atoms with Crippen LogP contribution in [0.15, 0.2) is 12.1 Å². The fourth-order valence-electron chi connectivity index (χ4n) is 2.69. The molecule has 1 aromatic rings. The molecule has 0 unspecified atom stereocenters. The van der Waals surface area contributed by atoms with Gasteiger partial charge < -0.3 is 4.90 Å². The molecule has 1 amide bonds. The van der Waals surface area contributed by atoms with Gasteiger partial charge in [0.05, 0.1) is 6.42 Å². The summed E-state index contributed by atoms with van der Waals surface area (Å²) in [6.07, 6.45) is 5.57. The van der Waals surface area contributed by atoms with Crippen molar-refractivity contribution in [2.75, 3.05) is 11.9 Å². The molecule has 1 aliphatic heterocycles. The minimum atomic E-state index is 0.229. The number of rotatable bonds is 0. The Morgan fingerprint density at radius 3 is 2.47 bits per heavy atom. The summed E-state index contributed by atoms with van der Waals surface area (Å²) in [5, 5.41) is 0. The number of anilines is 1. The molecule has 2 aliphatic rings. The second kappa shape index (κ2) is 3.09. The molecule has 1 aliphatic carbocycles. The fourth-order valence-corrected chi connectivity index (χ4v) is 2.69. The van der Waals surface area contributed by atoms with Crippen LogP contribution in [0.4, 0.5) is 5.69 Å². The Balaban J connectivity index is 2.12. The summed E-state index contributed by atoms with van der Waals surface area (Å²) < 4.78 is 0. The van der Waals surface area contributed by atoms with Gasteiger partial charge in [-0.05, 0) is 48.4 Å². The number of likely N-dealkylation sites (N-methyl/N-ethyl adjacent to an activating group) is 1. The fraction of sp³-hybridized carbons (Fsp3) is 0.462. The van der Waals surface area contributed by atoms with Crippen molar-refractivity contribution in [2.45, 2.75) is 32.1 Å². The molecule has 0 saturated heterocycles. The van der Waals surface area contributed by atoms with Crippen molar-refractivity contribution in [3.8, 4) is 0 Å². The summed E-state index contributed by atoms with van der Waals surface area (Å²) in [4.78, 5) is 13.4. The van der Waals surface area contributed by atoms with Crippen LogP contribution in [0.25, 0.3) is 0 Å². The normalized spacial score (nSPS) is 19.0. The molecule has 2 heteroatoms. The van der Waals surface area contributed by atoms with Gasteiger partial charge in [0.1, 0.15) is 0 Å². The van der Waals surface area contributed by atoms with Gasteiger partial charge in [0.25, 0.3) is 0 Å². The number of carbonyl (C=O) groups is 1. The summed E-state index contributed by atoms with van der Waals surface area (Å²) in [7, 11) is 1.88. The van der Waals surface area contributed by atoms with E-state index in [0.29, 0.717) is 6.42 Å². The highest BCUT2D eigenvalue weighted by Crippen LogP contribution is 2.33. The summed E-state index contributed by atoms with van der Waals surface area (Å²) in [6, 6.07) is 4.49. The smallest absolute Gasteiger partial charge is 0.231 e. The van der Waals surface area contributed by atoms with Crippen LogP contribution < -0.4 is 4.90 Å². The first kappa shape index (κ1) is 8.96. The highest BCUT2D eigenvalue weighted by Gasteiger charge is 2.25. The first-order valence-electron chi connectivity index (χ1n) is 5.67. The van der Waals surface area contributed by atoms with Crippen LogP contribution in [-0.2, 0) is 24.1 Å². The molecule has 78 valence electrons. The third-order valence-electron chi connectivity index (χ3n) is 3.62. The molecule has 0 radical (unpaired) electrons. The van der Waals surface area contributed by atoms with E-state index >= 15 is 0 Å². The van der Waals surface area contributed by atoms with Crippen LogP contribution in [0.1, 0.15) is 29.5 Å². The molecule has 0 aromatic heterocycles. The molecule has 0 N–H and O–H groups in total. The number of carbonyl (C=O) groups excluding carboxylic acids is 1. The minimum absolute atomic E-state index is 0.229. The Morgan fingerprint density at radius 2 is 1.73 bits per heavy atom. The van der Waals surface area contributed by atoms with Gasteiger partial charge in [-0.15, -0.1) is 0 Å². The molecule has 0 spiro atoms. The highest BCUT2D eigenvalue weighted by molar-refractivity contribution is 6.01. The van der Waals surface area contributed by atoms with Gasteiger partial charge in [-0.3, -0.25) is 4.79 Å². The minimum Gasteiger partial charge on any atom is -0.315 e. The Hall–Kier alpha value is -1.31. The first-order chi connectivity index (χ1) is 7.25. The largest absolute Gasteiger partial charge is 0.315 e. The molecule has 0 saturated carbocycles. The summed E-state index contributed by atoms with van der Waals surface area (Å²) in [5.74, 6) is 0.229. The molecular formula is C13H15NO. The monoisotopic (exact) mass is 201 g/mol. The van der Waals surface area contributed by atoms with Crippen LogP contribution in [0, 0.1) is 0 Å². The second-order valence-corrected chi connectivity index (χ2v) is 4.59. The number of nitrogens with zero attached hydrogens (tertiary/aromatic N) is 1. The molecule has 3 rings (SSSR count). The van der Waals surface area contributed by atoms with E-state index in [2.05, 4.69) is 12.1 Å². The predicted octanol–water partition coefficient (Wildman–Crippen LogP) is 2.08. The zero-order valence-corrected chi connectivity index (χ0v) is 9.05. The van der Waals surface area contributed by atoms with Gasteiger partial charge in [0.2, 0.25) is 5.91 Å². The molecule has 0 bridgehead atoms. The molecule has 0 atom stereocenters. The van der Waals surface area contributed by atoms with Crippen molar-refractivity contribution in [3.05, 3.63) is 28.8 Å². The Morgan fingerprint density at radius 1 is 1.07 bits per heavy atom. The van der Waals surface area contributed by atoms with E-state index < -0.39 is 0 Å². The molecule has 1 heterocycles. The summed E-state index contributed by atoms with van der Waals surface area (Å²) in [5.41, 5.74) is 5.30. The van der Waals surface area contributed by atoms with Crippen LogP contribution in [0.2, 0.25) is 0 Å².